The van der Waals surface area contributed by atoms with Crippen LogP contribution in [-0.2, 0) is 23.0 Å². The van der Waals surface area contributed by atoms with Crippen molar-refractivity contribution in [1.82, 2.24) is 14.3 Å². The van der Waals surface area contributed by atoms with E-state index in [0.29, 0.717) is 13.1 Å². The van der Waals surface area contributed by atoms with Crippen LogP contribution in [0.25, 0.3) is 32.8 Å². The molecule has 0 radical (unpaired) electrons. The lowest BCUT2D eigenvalue weighted by Gasteiger charge is -2.17. The maximum Gasteiger partial charge on any atom is 0.214 e. The fourth-order valence-corrected chi connectivity index (χ4v) is 5.97. The molecule has 2 heterocycles. The van der Waals surface area contributed by atoms with Crippen LogP contribution in [-0.4, -0.2) is 29.8 Å². The van der Waals surface area contributed by atoms with E-state index in [1.807, 2.05) is 18.5 Å². The van der Waals surface area contributed by atoms with Crippen molar-refractivity contribution in [3.8, 4) is 11.1 Å². The summed E-state index contributed by atoms with van der Waals surface area (Å²) < 4.78 is 29.4. The molecule has 0 saturated heterocycles. The van der Waals surface area contributed by atoms with Crippen molar-refractivity contribution in [2.45, 2.75) is 51.8 Å². The van der Waals surface area contributed by atoms with Gasteiger partial charge in [0.25, 0.3) is 0 Å². The molecule has 2 aromatic carbocycles. The minimum Gasteiger partial charge on any atom is -0.346 e. The maximum absolute atomic E-state index is 12.2. The Kier molecular flexibility index (Phi) is 5.53. The van der Waals surface area contributed by atoms with E-state index in [2.05, 4.69) is 77.6 Å². The minimum absolute atomic E-state index is 0.145. The summed E-state index contributed by atoms with van der Waals surface area (Å²) in [5.74, 6) is 0. The normalized spacial score (nSPS) is 14.9. The second-order valence-electron chi connectivity index (χ2n) is 10.4. The lowest BCUT2D eigenvalue weighted by atomic mass is 9.87. The Bertz CT molecular complexity index is 1420. The van der Waals surface area contributed by atoms with Crippen LogP contribution < -0.4 is 4.72 Å². The largest absolute Gasteiger partial charge is 0.346 e. The smallest absolute Gasteiger partial charge is 0.214 e. The molecule has 0 aliphatic heterocycles. The average Bonchev–Trinajstić information content (AvgIpc) is 3.58. The molecule has 172 valence electrons. The van der Waals surface area contributed by atoms with Gasteiger partial charge in [-0.25, -0.2) is 13.1 Å². The number of benzene rings is 2. The quantitative estimate of drug-likeness (QED) is 0.394. The third kappa shape index (κ3) is 4.68. The Balaban J connectivity index is 1.53. The van der Waals surface area contributed by atoms with Crippen LogP contribution in [0, 0.1) is 5.41 Å². The summed E-state index contributed by atoms with van der Waals surface area (Å²) in [6.45, 7) is 7.78. The van der Waals surface area contributed by atoms with Crippen molar-refractivity contribution in [3.63, 3.8) is 0 Å². The van der Waals surface area contributed by atoms with Crippen molar-refractivity contribution >= 4 is 31.7 Å². The summed E-state index contributed by atoms with van der Waals surface area (Å²) in [7, 11) is -3.17. The van der Waals surface area contributed by atoms with Crippen molar-refractivity contribution in [2.75, 3.05) is 6.54 Å². The van der Waals surface area contributed by atoms with Crippen molar-refractivity contribution in [1.29, 1.82) is 0 Å². The summed E-state index contributed by atoms with van der Waals surface area (Å²) in [4.78, 5) is 4.34. The highest BCUT2D eigenvalue weighted by atomic mass is 32.2. The van der Waals surface area contributed by atoms with Crippen LogP contribution in [0.5, 0.6) is 0 Å². The maximum atomic E-state index is 12.2. The van der Waals surface area contributed by atoms with Gasteiger partial charge in [-0.2, -0.15) is 0 Å². The fraction of sp³-hybridized carbons (Fsp3) is 0.370. The lowest BCUT2D eigenvalue weighted by molar-refractivity contribution is 0.412. The third-order valence-electron chi connectivity index (χ3n) is 6.30. The van der Waals surface area contributed by atoms with Gasteiger partial charge in [-0.15, -0.1) is 0 Å². The van der Waals surface area contributed by atoms with Crippen molar-refractivity contribution in [3.05, 3.63) is 66.6 Å². The van der Waals surface area contributed by atoms with Crippen LogP contribution in [0.15, 0.2) is 61.1 Å². The fourth-order valence-electron chi connectivity index (χ4n) is 4.61. The molecular formula is C27H31N3O2S. The first-order valence-corrected chi connectivity index (χ1v) is 13.2. The molecule has 1 saturated carbocycles. The predicted octanol–water partition coefficient (Wildman–Crippen LogP) is 5.53. The van der Waals surface area contributed by atoms with Gasteiger partial charge in [0.05, 0.1) is 5.25 Å². The number of pyridine rings is 1. The number of hydrogen-bond acceptors (Lipinski definition) is 3. The molecule has 1 fully saturated rings. The lowest BCUT2D eigenvalue weighted by Crippen LogP contribution is -2.30. The minimum atomic E-state index is -3.17. The number of hydrogen-bond donors (Lipinski definition) is 1. The van der Waals surface area contributed by atoms with Crippen LogP contribution >= 0.6 is 0 Å². The van der Waals surface area contributed by atoms with Gasteiger partial charge in [0.1, 0.15) is 0 Å². The third-order valence-corrected chi connectivity index (χ3v) is 8.25. The highest BCUT2D eigenvalue weighted by Gasteiger charge is 2.35. The standard InChI is InChI=1S/C27H31N3O2S/c1-27(2,3)16-21-18-30(14-13-29-33(31,32)22-8-9-22)26-10-7-20(15-24(21)26)23-6-4-5-19-11-12-28-17-25(19)23/h4-7,10-12,15,17-18,22,29H,8-9,13-14,16H2,1-3H3. The van der Waals surface area contributed by atoms with Gasteiger partial charge in [0.15, 0.2) is 0 Å². The summed E-state index contributed by atoms with van der Waals surface area (Å²) >= 11 is 0. The van der Waals surface area contributed by atoms with E-state index in [9.17, 15) is 8.42 Å². The molecule has 0 spiro atoms. The van der Waals surface area contributed by atoms with Gasteiger partial charge in [-0.1, -0.05) is 45.0 Å². The van der Waals surface area contributed by atoms with Gasteiger partial charge in [-0.3, -0.25) is 4.98 Å². The Morgan fingerprint density at radius 1 is 1.09 bits per heavy atom. The zero-order valence-electron chi connectivity index (χ0n) is 19.5. The summed E-state index contributed by atoms with van der Waals surface area (Å²) in [6.07, 6.45) is 8.48. The first kappa shape index (κ1) is 22.1. The van der Waals surface area contributed by atoms with Gasteiger partial charge in [0.2, 0.25) is 10.0 Å². The average molecular weight is 462 g/mol. The van der Waals surface area contributed by atoms with E-state index >= 15 is 0 Å². The monoisotopic (exact) mass is 461 g/mol. The van der Waals surface area contributed by atoms with Crippen LogP contribution in [0.4, 0.5) is 0 Å². The first-order chi connectivity index (χ1) is 15.7. The summed E-state index contributed by atoms with van der Waals surface area (Å²) in [6, 6.07) is 15.0. The van der Waals surface area contributed by atoms with E-state index in [4.69, 9.17) is 0 Å². The number of rotatable bonds is 7. The highest BCUT2D eigenvalue weighted by Crippen LogP contribution is 2.34. The molecule has 1 N–H and O–H groups in total. The number of sulfonamides is 1. The summed E-state index contributed by atoms with van der Waals surface area (Å²) in [5, 5.41) is 3.37. The van der Waals surface area contributed by atoms with Gasteiger partial charge >= 0.3 is 0 Å². The Morgan fingerprint density at radius 2 is 1.91 bits per heavy atom. The first-order valence-electron chi connectivity index (χ1n) is 11.6. The summed E-state index contributed by atoms with van der Waals surface area (Å²) in [5.41, 5.74) is 4.92. The van der Waals surface area contributed by atoms with E-state index in [1.54, 1.807) is 0 Å². The molecule has 0 unspecified atom stereocenters. The van der Waals surface area contributed by atoms with E-state index in [0.717, 1.165) is 30.2 Å². The molecule has 0 atom stereocenters. The van der Waals surface area contributed by atoms with Gasteiger partial charge < -0.3 is 4.57 Å². The Labute approximate surface area is 195 Å². The van der Waals surface area contributed by atoms with E-state index in [1.165, 1.54) is 27.5 Å². The zero-order chi connectivity index (χ0) is 23.2. The predicted molar refractivity (Wildman–Crippen MR) is 136 cm³/mol. The van der Waals surface area contributed by atoms with E-state index in [-0.39, 0.29) is 10.7 Å². The Morgan fingerprint density at radius 3 is 2.67 bits per heavy atom. The molecule has 1 aliphatic carbocycles. The van der Waals surface area contributed by atoms with E-state index < -0.39 is 10.0 Å². The molecule has 6 heteroatoms. The van der Waals surface area contributed by atoms with Crippen molar-refractivity contribution in [2.24, 2.45) is 5.41 Å². The molecular weight excluding hydrogens is 430 g/mol. The van der Waals surface area contributed by atoms with Crippen LogP contribution in [0.3, 0.4) is 0 Å². The molecule has 5 nitrogen and oxygen atoms in total. The SMILES string of the molecule is CC(C)(C)Cc1cn(CCNS(=O)(=O)C2CC2)c2ccc(-c3cccc4ccncc34)cc12. The van der Waals surface area contributed by atoms with Crippen LogP contribution in [0.2, 0.25) is 0 Å². The second-order valence-corrected chi connectivity index (χ2v) is 12.4. The Hall–Kier alpha value is -2.70. The van der Waals surface area contributed by atoms with Gasteiger partial charge in [0, 0.05) is 48.0 Å². The molecule has 1 aliphatic rings. The van der Waals surface area contributed by atoms with Crippen LogP contribution in [0.1, 0.15) is 39.2 Å². The molecule has 0 amide bonds. The molecule has 2 aromatic heterocycles. The number of nitrogens with one attached hydrogen (secondary N) is 1. The number of nitrogens with zero attached hydrogens (tertiary/aromatic N) is 2. The topological polar surface area (TPSA) is 64.0 Å². The van der Waals surface area contributed by atoms with Crippen molar-refractivity contribution < 1.29 is 8.42 Å². The second kappa shape index (κ2) is 8.26. The van der Waals surface area contributed by atoms with Gasteiger partial charge in [-0.05, 0) is 65.0 Å². The zero-order valence-corrected chi connectivity index (χ0v) is 20.3. The highest BCUT2D eigenvalue weighted by molar-refractivity contribution is 7.90. The molecule has 5 rings (SSSR count). The molecule has 33 heavy (non-hydrogen) atoms. The molecule has 0 bridgehead atoms. The molecule has 4 aromatic rings. The number of aromatic nitrogens is 2. The number of fused-ring (bicyclic) bond motifs is 2.